The third-order valence-electron chi connectivity index (χ3n) is 5.28. The van der Waals surface area contributed by atoms with Crippen LogP contribution in [0.5, 0.6) is 0 Å². The van der Waals surface area contributed by atoms with Gasteiger partial charge in [-0.2, -0.15) is 0 Å². The predicted octanol–water partition coefficient (Wildman–Crippen LogP) is 4.48. The lowest BCUT2D eigenvalue weighted by Gasteiger charge is -2.03. The molecule has 3 aromatic carbocycles. The van der Waals surface area contributed by atoms with Crippen LogP contribution in [0, 0.1) is 11.6 Å². The molecule has 6 heteroatoms. The van der Waals surface area contributed by atoms with Crippen LogP contribution in [-0.4, -0.2) is 15.9 Å². The Kier molecular flexibility index (Phi) is 2.34. The van der Waals surface area contributed by atoms with E-state index in [1.165, 1.54) is 24.3 Å². The van der Waals surface area contributed by atoms with E-state index in [-0.39, 0.29) is 17.5 Å². The van der Waals surface area contributed by atoms with E-state index in [0.29, 0.717) is 23.1 Å². The van der Waals surface area contributed by atoms with Crippen LogP contribution in [0.3, 0.4) is 0 Å². The van der Waals surface area contributed by atoms with E-state index >= 15 is 0 Å². The summed E-state index contributed by atoms with van der Waals surface area (Å²) in [5.41, 5.74) is 4.31. The van der Waals surface area contributed by atoms with Gasteiger partial charge in [-0.3, -0.25) is 4.79 Å². The van der Waals surface area contributed by atoms with Crippen LogP contribution in [0.4, 0.5) is 8.78 Å². The van der Waals surface area contributed by atoms with E-state index in [1.807, 2.05) is 0 Å². The fraction of sp³-hybridized carbons (Fsp3) is 0.0500. The van der Waals surface area contributed by atoms with E-state index in [2.05, 4.69) is 15.3 Å². The fourth-order valence-electron chi connectivity index (χ4n) is 4.25. The van der Waals surface area contributed by atoms with Gasteiger partial charge in [0.25, 0.3) is 5.91 Å². The summed E-state index contributed by atoms with van der Waals surface area (Å²) in [6.45, 7) is 0.415. The first kappa shape index (κ1) is 13.8. The van der Waals surface area contributed by atoms with Gasteiger partial charge in [-0.1, -0.05) is 0 Å². The molecule has 0 saturated carbocycles. The number of carbonyl (C=O) groups excluding carboxylic acids is 1. The van der Waals surface area contributed by atoms with Crippen molar-refractivity contribution < 1.29 is 13.6 Å². The first-order valence-electron chi connectivity index (χ1n) is 8.27. The van der Waals surface area contributed by atoms with Crippen molar-refractivity contribution in [3.63, 3.8) is 0 Å². The summed E-state index contributed by atoms with van der Waals surface area (Å²) in [6, 6.07) is 9.07. The number of carbonyl (C=O) groups is 1. The molecular formula is C20H11F2N3O. The molecule has 3 heterocycles. The van der Waals surface area contributed by atoms with Gasteiger partial charge in [0.2, 0.25) is 0 Å². The minimum atomic E-state index is -0.347. The Morgan fingerprint density at radius 3 is 2.04 bits per heavy atom. The number of fused-ring (bicyclic) bond motifs is 10. The molecule has 0 radical (unpaired) electrons. The highest BCUT2D eigenvalue weighted by Crippen LogP contribution is 2.41. The molecule has 5 aromatic rings. The first-order valence-corrected chi connectivity index (χ1v) is 8.27. The Balaban J connectivity index is 1.96. The molecule has 126 valence electrons. The summed E-state index contributed by atoms with van der Waals surface area (Å²) in [7, 11) is 0. The zero-order chi connectivity index (χ0) is 17.6. The minimum absolute atomic E-state index is 0.145. The van der Waals surface area contributed by atoms with Gasteiger partial charge in [0.1, 0.15) is 11.6 Å². The molecule has 0 aliphatic carbocycles. The molecule has 2 aromatic heterocycles. The molecular weight excluding hydrogens is 336 g/mol. The zero-order valence-corrected chi connectivity index (χ0v) is 13.3. The number of aromatic nitrogens is 2. The number of H-pyrrole nitrogens is 2. The molecule has 4 nitrogen and oxygen atoms in total. The van der Waals surface area contributed by atoms with Gasteiger partial charge in [-0.25, -0.2) is 8.78 Å². The van der Waals surface area contributed by atoms with Crippen LogP contribution in [-0.2, 0) is 6.54 Å². The second-order valence-corrected chi connectivity index (χ2v) is 6.67. The molecule has 0 saturated heterocycles. The van der Waals surface area contributed by atoms with Crippen LogP contribution < -0.4 is 5.32 Å². The summed E-state index contributed by atoms with van der Waals surface area (Å²) < 4.78 is 27.4. The van der Waals surface area contributed by atoms with Gasteiger partial charge in [-0.05, 0) is 42.0 Å². The summed E-state index contributed by atoms with van der Waals surface area (Å²) in [5.74, 6) is -0.821. The SMILES string of the molecule is O=C1NCc2c1c1c3ccc(F)cc3[nH]c1c1[nH]c3cc(F)ccc3c21. The summed E-state index contributed by atoms with van der Waals surface area (Å²) in [5, 5.41) is 6.21. The highest BCUT2D eigenvalue weighted by molar-refractivity contribution is 6.30. The second kappa shape index (κ2) is 4.40. The van der Waals surface area contributed by atoms with Crippen molar-refractivity contribution in [2.24, 2.45) is 0 Å². The third kappa shape index (κ3) is 1.54. The lowest BCUT2D eigenvalue weighted by atomic mass is 9.97. The van der Waals surface area contributed by atoms with Gasteiger partial charge in [-0.15, -0.1) is 0 Å². The van der Waals surface area contributed by atoms with Gasteiger partial charge in [0.05, 0.1) is 16.6 Å². The number of amides is 1. The van der Waals surface area contributed by atoms with E-state index < -0.39 is 0 Å². The topological polar surface area (TPSA) is 60.7 Å². The monoisotopic (exact) mass is 347 g/mol. The van der Waals surface area contributed by atoms with E-state index in [9.17, 15) is 13.6 Å². The largest absolute Gasteiger partial charge is 0.353 e. The summed E-state index contributed by atoms with van der Waals surface area (Å²) in [6.07, 6.45) is 0. The Labute approximate surface area is 144 Å². The van der Waals surface area contributed by atoms with Crippen LogP contribution in [0.2, 0.25) is 0 Å². The maximum atomic E-state index is 13.7. The predicted molar refractivity (Wildman–Crippen MR) is 96.3 cm³/mol. The molecule has 0 bridgehead atoms. The van der Waals surface area contributed by atoms with E-state index in [1.54, 1.807) is 12.1 Å². The second-order valence-electron chi connectivity index (χ2n) is 6.67. The molecule has 3 N–H and O–H groups in total. The maximum absolute atomic E-state index is 13.7. The van der Waals surface area contributed by atoms with Gasteiger partial charge in [0, 0.05) is 39.1 Å². The van der Waals surface area contributed by atoms with Crippen LogP contribution >= 0.6 is 0 Å². The molecule has 0 unspecified atom stereocenters. The Morgan fingerprint density at radius 1 is 0.808 bits per heavy atom. The van der Waals surface area contributed by atoms with Crippen molar-refractivity contribution >= 4 is 49.5 Å². The van der Waals surface area contributed by atoms with E-state index in [0.717, 1.165) is 38.1 Å². The number of hydrogen-bond donors (Lipinski definition) is 3. The highest BCUT2D eigenvalue weighted by atomic mass is 19.1. The Hall–Kier alpha value is -3.41. The lowest BCUT2D eigenvalue weighted by Crippen LogP contribution is -2.12. The molecule has 0 atom stereocenters. The number of rotatable bonds is 0. The quantitative estimate of drug-likeness (QED) is 0.380. The van der Waals surface area contributed by atoms with Gasteiger partial charge >= 0.3 is 0 Å². The van der Waals surface area contributed by atoms with Crippen molar-refractivity contribution in [2.45, 2.75) is 6.54 Å². The standard InChI is InChI=1S/C20H11F2N3O/c21-8-1-3-10-13(5-8)24-18-15(10)12-7-23-20(26)17(12)16-11-4-2-9(22)6-14(11)25-19(16)18/h1-6,24-25H,7H2,(H,23,26). The number of nitrogens with one attached hydrogen (secondary N) is 3. The van der Waals surface area contributed by atoms with Gasteiger partial charge in [0.15, 0.2) is 0 Å². The average molecular weight is 347 g/mol. The molecule has 0 fully saturated rings. The molecule has 0 spiro atoms. The van der Waals surface area contributed by atoms with Crippen molar-refractivity contribution in [1.29, 1.82) is 0 Å². The van der Waals surface area contributed by atoms with Crippen molar-refractivity contribution in [2.75, 3.05) is 0 Å². The fourth-order valence-corrected chi connectivity index (χ4v) is 4.25. The third-order valence-corrected chi connectivity index (χ3v) is 5.28. The van der Waals surface area contributed by atoms with Crippen molar-refractivity contribution in [1.82, 2.24) is 15.3 Å². The minimum Gasteiger partial charge on any atom is -0.353 e. The Morgan fingerprint density at radius 2 is 1.38 bits per heavy atom. The maximum Gasteiger partial charge on any atom is 0.252 e. The first-order chi connectivity index (χ1) is 12.6. The normalized spacial score (nSPS) is 14.0. The molecule has 26 heavy (non-hydrogen) atoms. The van der Waals surface area contributed by atoms with Crippen LogP contribution in [0.15, 0.2) is 36.4 Å². The zero-order valence-electron chi connectivity index (χ0n) is 13.3. The number of halogens is 2. The summed E-state index contributed by atoms with van der Waals surface area (Å²) >= 11 is 0. The molecule has 1 aliphatic heterocycles. The van der Waals surface area contributed by atoms with E-state index in [4.69, 9.17) is 0 Å². The lowest BCUT2D eigenvalue weighted by molar-refractivity contribution is 0.0967. The number of benzene rings is 3. The van der Waals surface area contributed by atoms with Crippen molar-refractivity contribution in [3.8, 4) is 0 Å². The number of hydrogen-bond acceptors (Lipinski definition) is 1. The Bertz CT molecular complexity index is 1430. The highest BCUT2D eigenvalue weighted by Gasteiger charge is 2.29. The van der Waals surface area contributed by atoms with Crippen LogP contribution in [0.1, 0.15) is 15.9 Å². The average Bonchev–Trinajstić information content (AvgIpc) is 3.26. The summed E-state index contributed by atoms with van der Waals surface area (Å²) in [4.78, 5) is 19.1. The molecule has 6 rings (SSSR count). The number of aromatic amines is 2. The molecule has 1 amide bonds. The van der Waals surface area contributed by atoms with Crippen LogP contribution in [0.25, 0.3) is 43.6 Å². The smallest absolute Gasteiger partial charge is 0.252 e. The molecule has 1 aliphatic rings. The van der Waals surface area contributed by atoms with Gasteiger partial charge < -0.3 is 15.3 Å². The van der Waals surface area contributed by atoms with Crippen molar-refractivity contribution in [3.05, 3.63) is 59.2 Å².